The summed E-state index contributed by atoms with van der Waals surface area (Å²) in [6.45, 7) is 3.53. The molecule has 2 atom stereocenters. The molecule has 2 aromatic rings. The van der Waals surface area contributed by atoms with E-state index in [2.05, 4.69) is 0 Å². The molecular weight excluding hydrogens is 306 g/mol. The fourth-order valence-electron chi connectivity index (χ4n) is 2.38. The van der Waals surface area contributed by atoms with Crippen molar-refractivity contribution in [2.75, 3.05) is 0 Å². The highest BCUT2D eigenvalue weighted by molar-refractivity contribution is 6.01. The predicted molar refractivity (Wildman–Crippen MR) is 91.8 cm³/mol. The van der Waals surface area contributed by atoms with E-state index < -0.39 is 18.2 Å². The minimum Gasteiger partial charge on any atom is -0.479 e. The number of carboxylic acids is 1. The molecule has 2 rings (SSSR count). The minimum absolute atomic E-state index is 0.112. The van der Waals surface area contributed by atoms with E-state index >= 15 is 0 Å². The predicted octanol–water partition coefficient (Wildman–Crippen LogP) is 3.34. The van der Waals surface area contributed by atoms with Crippen molar-refractivity contribution in [1.29, 1.82) is 5.41 Å². The average Bonchev–Trinajstić information content (AvgIpc) is 2.59. The lowest BCUT2D eigenvalue weighted by atomic mass is 9.98. The van der Waals surface area contributed by atoms with Crippen LogP contribution in [0.1, 0.15) is 36.1 Å². The molecule has 0 fully saturated rings. The molecule has 126 valence electrons. The zero-order valence-corrected chi connectivity index (χ0v) is 13.7. The van der Waals surface area contributed by atoms with Crippen LogP contribution in [0.3, 0.4) is 0 Å². The molecule has 0 aliphatic heterocycles. The van der Waals surface area contributed by atoms with E-state index in [1.807, 2.05) is 18.2 Å². The highest BCUT2D eigenvalue weighted by atomic mass is 16.5. The number of aryl methyl sites for hydroxylation is 1. The van der Waals surface area contributed by atoms with Gasteiger partial charge in [-0.15, -0.1) is 0 Å². The number of aliphatic hydroxyl groups is 1. The number of benzene rings is 2. The molecule has 0 aliphatic rings. The third-order valence-electron chi connectivity index (χ3n) is 3.79. The number of ether oxygens (including phenoxy) is 1. The second kappa shape index (κ2) is 7.75. The first kappa shape index (κ1) is 17.7. The molecule has 0 saturated heterocycles. The van der Waals surface area contributed by atoms with Crippen LogP contribution >= 0.6 is 0 Å². The lowest BCUT2D eigenvalue weighted by Gasteiger charge is -2.18. The number of hydrogen-bond acceptors (Lipinski definition) is 4. The Morgan fingerprint density at radius 2 is 1.88 bits per heavy atom. The monoisotopic (exact) mass is 327 g/mol. The van der Waals surface area contributed by atoms with Crippen LogP contribution in [0.25, 0.3) is 0 Å². The topological polar surface area (TPSA) is 90.6 Å². The zero-order chi connectivity index (χ0) is 17.7. The molecule has 3 N–H and O–H groups in total. The fourth-order valence-corrected chi connectivity index (χ4v) is 2.38. The summed E-state index contributed by atoms with van der Waals surface area (Å²) in [6.07, 6.45) is -1.60. The summed E-state index contributed by atoms with van der Waals surface area (Å²) in [6, 6.07) is 14.0. The second-order valence-electron chi connectivity index (χ2n) is 5.56. The Labute approximate surface area is 141 Å². The lowest BCUT2D eigenvalue weighted by molar-refractivity contribution is -0.145. The van der Waals surface area contributed by atoms with Gasteiger partial charge in [-0.05, 0) is 42.2 Å². The van der Waals surface area contributed by atoms with Gasteiger partial charge in [-0.25, -0.2) is 4.79 Å². The first-order chi connectivity index (χ1) is 11.4. The van der Waals surface area contributed by atoms with Crippen LogP contribution in [0.15, 0.2) is 48.5 Å². The smallest absolute Gasteiger partial charge is 0.344 e. The average molecular weight is 327 g/mol. The Kier molecular flexibility index (Phi) is 5.71. The second-order valence-corrected chi connectivity index (χ2v) is 5.56. The van der Waals surface area contributed by atoms with Crippen LogP contribution in [0.4, 0.5) is 0 Å². The molecule has 2 aromatic carbocycles. The van der Waals surface area contributed by atoms with Crippen molar-refractivity contribution in [2.45, 2.75) is 32.5 Å². The summed E-state index contributed by atoms with van der Waals surface area (Å²) in [5.74, 6) is -0.543. The largest absolute Gasteiger partial charge is 0.479 e. The van der Waals surface area contributed by atoms with Crippen LogP contribution in [-0.4, -0.2) is 28.0 Å². The molecule has 5 heteroatoms. The number of hydrogen-bond donors (Lipinski definition) is 3. The first-order valence-electron chi connectivity index (χ1n) is 7.76. The van der Waals surface area contributed by atoms with Gasteiger partial charge in [-0.2, -0.15) is 0 Å². The molecule has 0 spiro atoms. The van der Waals surface area contributed by atoms with Crippen molar-refractivity contribution < 1.29 is 19.7 Å². The van der Waals surface area contributed by atoms with Crippen LogP contribution in [0, 0.1) is 12.3 Å². The van der Waals surface area contributed by atoms with Gasteiger partial charge in [-0.3, -0.25) is 0 Å². The lowest BCUT2D eigenvalue weighted by Crippen LogP contribution is -2.26. The van der Waals surface area contributed by atoms with Gasteiger partial charge in [0.2, 0.25) is 0 Å². The van der Waals surface area contributed by atoms with Gasteiger partial charge in [-0.1, -0.05) is 43.3 Å². The maximum absolute atomic E-state index is 11.1. The van der Waals surface area contributed by atoms with E-state index in [-0.39, 0.29) is 5.71 Å². The van der Waals surface area contributed by atoms with Gasteiger partial charge in [0.05, 0.1) is 5.71 Å². The van der Waals surface area contributed by atoms with E-state index in [1.54, 1.807) is 44.2 Å². The van der Waals surface area contributed by atoms with E-state index in [4.69, 9.17) is 15.3 Å². The van der Waals surface area contributed by atoms with Crippen molar-refractivity contribution in [3.8, 4) is 5.75 Å². The Morgan fingerprint density at radius 1 is 1.21 bits per heavy atom. The van der Waals surface area contributed by atoms with Crippen molar-refractivity contribution in [1.82, 2.24) is 0 Å². The molecule has 2 unspecified atom stereocenters. The quantitative estimate of drug-likeness (QED) is 0.680. The van der Waals surface area contributed by atoms with Gasteiger partial charge < -0.3 is 20.4 Å². The van der Waals surface area contributed by atoms with E-state index in [0.29, 0.717) is 28.9 Å². The number of rotatable bonds is 7. The third-order valence-corrected chi connectivity index (χ3v) is 3.79. The van der Waals surface area contributed by atoms with Crippen LogP contribution in [0.5, 0.6) is 5.75 Å². The third kappa shape index (κ3) is 4.00. The van der Waals surface area contributed by atoms with Crippen molar-refractivity contribution in [3.63, 3.8) is 0 Å². The van der Waals surface area contributed by atoms with Gasteiger partial charge in [0.15, 0.2) is 6.10 Å². The van der Waals surface area contributed by atoms with Crippen LogP contribution in [-0.2, 0) is 4.79 Å². The van der Waals surface area contributed by atoms with Gasteiger partial charge >= 0.3 is 5.97 Å². The summed E-state index contributed by atoms with van der Waals surface area (Å²) >= 11 is 0. The summed E-state index contributed by atoms with van der Waals surface area (Å²) in [4.78, 5) is 11.1. The molecular formula is C19H21NO4. The Hall–Kier alpha value is -2.66. The highest BCUT2D eigenvalue weighted by Gasteiger charge is 2.20. The van der Waals surface area contributed by atoms with E-state index in [1.165, 1.54) is 0 Å². The molecule has 0 heterocycles. The van der Waals surface area contributed by atoms with Crippen molar-refractivity contribution >= 4 is 11.7 Å². The fraction of sp³-hybridized carbons (Fsp3) is 0.263. The summed E-state index contributed by atoms with van der Waals surface area (Å²) < 4.78 is 5.50. The highest BCUT2D eigenvalue weighted by Crippen LogP contribution is 2.26. The SMILES string of the molecule is CCC(Oc1ccc(C(O)C(=N)c2ccccc2)cc1C)C(=O)O. The van der Waals surface area contributed by atoms with Gasteiger partial charge in [0.1, 0.15) is 11.9 Å². The van der Waals surface area contributed by atoms with Gasteiger partial charge in [0, 0.05) is 0 Å². The number of carbonyl (C=O) groups is 1. The number of nitrogens with one attached hydrogen (secondary N) is 1. The van der Waals surface area contributed by atoms with Crippen LogP contribution < -0.4 is 4.74 Å². The minimum atomic E-state index is -1.05. The Morgan fingerprint density at radius 3 is 2.42 bits per heavy atom. The zero-order valence-electron chi connectivity index (χ0n) is 13.7. The van der Waals surface area contributed by atoms with Crippen molar-refractivity contribution in [3.05, 3.63) is 65.2 Å². The molecule has 0 saturated carbocycles. The summed E-state index contributed by atoms with van der Waals surface area (Å²) in [7, 11) is 0. The number of aliphatic carboxylic acids is 1. The normalized spacial score (nSPS) is 13.1. The molecule has 5 nitrogen and oxygen atoms in total. The summed E-state index contributed by atoms with van der Waals surface area (Å²) in [5, 5.41) is 27.6. The maximum atomic E-state index is 11.1. The maximum Gasteiger partial charge on any atom is 0.344 e. The standard InChI is InChI=1S/C19H21NO4/c1-3-15(19(22)23)24-16-10-9-14(11-12(16)2)18(21)17(20)13-7-5-4-6-8-13/h4-11,15,18,20-21H,3H2,1-2H3,(H,22,23). The molecule has 0 amide bonds. The van der Waals surface area contributed by atoms with E-state index in [0.717, 1.165) is 0 Å². The van der Waals surface area contributed by atoms with E-state index in [9.17, 15) is 9.90 Å². The number of aliphatic hydroxyl groups excluding tert-OH is 1. The van der Waals surface area contributed by atoms with Crippen molar-refractivity contribution in [2.24, 2.45) is 0 Å². The number of carboxylic acid groups (broad SMARTS) is 1. The molecule has 0 aromatic heterocycles. The Bertz CT molecular complexity index is 727. The summed E-state index contributed by atoms with van der Waals surface area (Å²) in [5.41, 5.74) is 2.05. The molecule has 0 aliphatic carbocycles. The van der Waals surface area contributed by atoms with Crippen LogP contribution in [0.2, 0.25) is 0 Å². The molecule has 0 radical (unpaired) electrons. The molecule has 24 heavy (non-hydrogen) atoms. The molecule has 0 bridgehead atoms. The van der Waals surface area contributed by atoms with Gasteiger partial charge in [0.25, 0.3) is 0 Å². The first-order valence-corrected chi connectivity index (χ1v) is 7.76. The Balaban J connectivity index is 2.19.